The van der Waals surface area contributed by atoms with Crippen molar-refractivity contribution >= 4 is 23.4 Å². The van der Waals surface area contributed by atoms with Crippen molar-refractivity contribution < 1.29 is 19.1 Å². The molecule has 1 aromatic rings. The Morgan fingerprint density at radius 2 is 1.92 bits per heavy atom. The lowest BCUT2D eigenvalue weighted by Crippen LogP contribution is -2.47. The van der Waals surface area contributed by atoms with Crippen molar-refractivity contribution in [1.29, 1.82) is 0 Å². The maximum atomic E-state index is 12.0. The monoisotopic (exact) mass is 354 g/mol. The number of carbonyl (C=O) groups is 2. The van der Waals surface area contributed by atoms with Crippen molar-refractivity contribution in [2.24, 2.45) is 0 Å². The Bertz CT molecular complexity index is 559. The van der Waals surface area contributed by atoms with Crippen LogP contribution in [0.5, 0.6) is 11.5 Å². The Hall–Kier alpha value is -1.95. The Labute approximate surface area is 147 Å². The second kappa shape index (κ2) is 9.37. The number of hydrogen-bond acceptors (Lipinski definition) is 4. The van der Waals surface area contributed by atoms with Gasteiger partial charge in [-0.1, -0.05) is 12.1 Å². The van der Waals surface area contributed by atoms with Gasteiger partial charge in [0.05, 0.1) is 7.11 Å². The van der Waals surface area contributed by atoms with Crippen LogP contribution < -0.4 is 14.8 Å². The lowest BCUT2D eigenvalue weighted by Gasteiger charge is -2.32. The van der Waals surface area contributed by atoms with Gasteiger partial charge in [0.2, 0.25) is 5.91 Å². The first-order valence-corrected chi connectivity index (χ1v) is 8.56. The highest BCUT2D eigenvalue weighted by molar-refractivity contribution is 6.18. The van der Waals surface area contributed by atoms with E-state index in [1.807, 2.05) is 12.1 Å². The first kappa shape index (κ1) is 18.4. The Morgan fingerprint density at radius 3 is 2.54 bits per heavy atom. The molecule has 2 amide bonds. The molecule has 1 saturated heterocycles. The highest BCUT2D eigenvalue weighted by Gasteiger charge is 2.23. The Balaban J connectivity index is 1.73. The van der Waals surface area contributed by atoms with Crippen molar-refractivity contribution in [3.63, 3.8) is 0 Å². The number of ether oxygens (including phenoxy) is 2. The number of likely N-dealkylation sites (tertiary alicyclic amines) is 1. The van der Waals surface area contributed by atoms with Crippen LogP contribution in [0, 0.1) is 0 Å². The van der Waals surface area contributed by atoms with E-state index in [-0.39, 0.29) is 24.5 Å². The fourth-order valence-corrected chi connectivity index (χ4v) is 2.82. The van der Waals surface area contributed by atoms with Crippen LogP contribution in [0.1, 0.15) is 19.3 Å². The van der Waals surface area contributed by atoms with E-state index in [0.717, 1.165) is 12.8 Å². The summed E-state index contributed by atoms with van der Waals surface area (Å²) in [7, 11) is 1.56. The number of nitrogens with zero attached hydrogens (tertiary/aromatic N) is 1. The molecular formula is C17H23ClN2O4. The summed E-state index contributed by atoms with van der Waals surface area (Å²) >= 11 is 5.59. The summed E-state index contributed by atoms with van der Waals surface area (Å²) in [5, 5.41) is 2.95. The van der Waals surface area contributed by atoms with Gasteiger partial charge in [-0.3, -0.25) is 9.59 Å². The van der Waals surface area contributed by atoms with Crippen LogP contribution in [0.2, 0.25) is 0 Å². The van der Waals surface area contributed by atoms with Crippen molar-refractivity contribution in [2.45, 2.75) is 25.3 Å². The number of methoxy groups -OCH3 is 1. The molecule has 7 heteroatoms. The standard InChI is InChI=1S/C17H23ClN2O4/c1-23-14-4-2-3-5-15(14)24-12-16(21)19-13-7-10-20(11-8-13)17(22)6-9-18/h2-5,13H,6-12H2,1H3,(H,19,21). The lowest BCUT2D eigenvalue weighted by atomic mass is 10.0. The van der Waals surface area contributed by atoms with Crippen molar-refractivity contribution in [1.82, 2.24) is 10.2 Å². The number of hydrogen-bond donors (Lipinski definition) is 1. The number of alkyl halides is 1. The highest BCUT2D eigenvalue weighted by atomic mass is 35.5. The number of rotatable bonds is 7. The molecule has 6 nitrogen and oxygen atoms in total. The van der Waals surface area contributed by atoms with E-state index in [4.69, 9.17) is 21.1 Å². The van der Waals surface area contributed by atoms with Crippen molar-refractivity contribution in [3.05, 3.63) is 24.3 Å². The fraction of sp³-hybridized carbons (Fsp3) is 0.529. The van der Waals surface area contributed by atoms with Crippen molar-refractivity contribution in [2.75, 3.05) is 32.7 Å². The predicted octanol–water partition coefficient (Wildman–Crippen LogP) is 1.81. The van der Waals surface area contributed by atoms with Crippen LogP contribution in [-0.4, -0.2) is 55.4 Å². The van der Waals surface area contributed by atoms with E-state index in [9.17, 15) is 9.59 Å². The maximum absolute atomic E-state index is 12.0. The molecule has 0 bridgehead atoms. The zero-order chi connectivity index (χ0) is 17.4. The number of carbonyl (C=O) groups excluding carboxylic acids is 2. The van der Waals surface area contributed by atoms with Crippen LogP contribution in [0.4, 0.5) is 0 Å². The molecule has 1 aliphatic rings. The number of amides is 2. The quantitative estimate of drug-likeness (QED) is 0.758. The van der Waals surface area contributed by atoms with Gasteiger partial charge in [-0.05, 0) is 25.0 Å². The molecule has 0 atom stereocenters. The van der Waals surface area contributed by atoms with Crippen LogP contribution >= 0.6 is 11.6 Å². The summed E-state index contributed by atoms with van der Waals surface area (Å²) in [5.41, 5.74) is 0. The van der Waals surface area contributed by atoms with E-state index in [1.165, 1.54) is 0 Å². The molecule has 1 aliphatic heterocycles. The second-order valence-corrected chi connectivity index (χ2v) is 5.98. The molecule has 0 radical (unpaired) electrons. The SMILES string of the molecule is COc1ccccc1OCC(=O)NC1CCN(C(=O)CCCl)CC1. The van der Waals surface area contributed by atoms with Gasteiger partial charge in [-0.25, -0.2) is 0 Å². The Morgan fingerprint density at radius 1 is 1.25 bits per heavy atom. The van der Waals surface area contributed by atoms with E-state index in [2.05, 4.69) is 5.32 Å². The van der Waals surface area contributed by atoms with Crippen LogP contribution in [0.15, 0.2) is 24.3 Å². The molecule has 1 fully saturated rings. The molecule has 0 saturated carbocycles. The summed E-state index contributed by atoms with van der Waals surface area (Å²) in [6.45, 7) is 1.23. The zero-order valence-electron chi connectivity index (χ0n) is 13.8. The number of para-hydroxylation sites is 2. The van der Waals surface area contributed by atoms with Gasteiger partial charge in [0, 0.05) is 31.4 Å². The molecule has 0 aromatic heterocycles. The maximum Gasteiger partial charge on any atom is 0.258 e. The van der Waals surface area contributed by atoms with Crippen LogP contribution in [0.3, 0.4) is 0 Å². The van der Waals surface area contributed by atoms with Gasteiger partial charge in [-0.2, -0.15) is 0 Å². The van der Waals surface area contributed by atoms with Gasteiger partial charge in [0.15, 0.2) is 18.1 Å². The molecule has 0 aliphatic carbocycles. The third-order valence-electron chi connectivity index (χ3n) is 3.95. The molecule has 0 unspecified atom stereocenters. The normalized spacial score (nSPS) is 15.0. The predicted molar refractivity (Wildman–Crippen MR) is 91.6 cm³/mol. The Kier molecular flexibility index (Phi) is 7.18. The van der Waals surface area contributed by atoms with E-state index < -0.39 is 0 Å². The summed E-state index contributed by atoms with van der Waals surface area (Å²) in [5.74, 6) is 1.38. The number of piperidine rings is 1. The smallest absolute Gasteiger partial charge is 0.258 e. The molecule has 1 N–H and O–H groups in total. The van der Waals surface area contributed by atoms with E-state index in [1.54, 1.807) is 24.1 Å². The van der Waals surface area contributed by atoms with Crippen LogP contribution in [-0.2, 0) is 9.59 Å². The molecule has 1 heterocycles. The van der Waals surface area contributed by atoms with E-state index >= 15 is 0 Å². The zero-order valence-corrected chi connectivity index (χ0v) is 14.6. The number of halogens is 1. The summed E-state index contributed by atoms with van der Waals surface area (Å²) in [4.78, 5) is 25.6. The lowest BCUT2D eigenvalue weighted by molar-refractivity contribution is -0.132. The van der Waals surface area contributed by atoms with E-state index in [0.29, 0.717) is 36.9 Å². The van der Waals surface area contributed by atoms with Gasteiger partial charge in [0.1, 0.15) is 0 Å². The minimum absolute atomic E-state index is 0.0637. The molecule has 2 rings (SSSR count). The third-order valence-corrected chi connectivity index (χ3v) is 4.14. The summed E-state index contributed by atoms with van der Waals surface area (Å²) in [6, 6.07) is 7.27. The van der Waals surface area contributed by atoms with Gasteiger partial charge in [0.25, 0.3) is 5.91 Å². The molecular weight excluding hydrogens is 332 g/mol. The highest BCUT2D eigenvalue weighted by Crippen LogP contribution is 2.25. The minimum atomic E-state index is -0.175. The average molecular weight is 355 g/mol. The fourth-order valence-electron chi connectivity index (χ4n) is 2.66. The topological polar surface area (TPSA) is 67.9 Å². The number of nitrogens with one attached hydrogen (secondary N) is 1. The first-order valence-electron chi connectivity index (χ1n) is 8.03. The van der Waals surface area contributed by atoms with Gasteiger partial charge >= 0.3 is 0 Å². The number of benzene rings is 1. The van der Waals surface area contributed by atoms with Crippen LogP contribution in [0.25, 0.3) is 0 Å². The summed E-state index contributed by atoms with van der Waals surface area (Å²) in [6.07, 6.45) is 1.86. The largest absolute Gasteiger partial charge is 0.493 e. The van der Waals surface area contributed by atoms with Crippen molar-refractivity contribution in [3.8, 4) is 11.5 Å². The third kappa shape index (κ3) is 5.30. The molecule has 132 valence electrons. The van der Waals surface area contributed by atoms with Gasteiger partial charge < -0.3 is 19.7 Å². The molecule has 24 heavy (non-hydrogen) atoms. The van der Waals surface area contributed by atoms with Gasteiger partial charge in [-0.15, -0.1) is 11.6 Å². The summed E-state index contributed by atoms with van der Waals surface area (Å²) < 4.78 is 10.7. The second-order valence-electron chi connectivity index (χ2n) is 5.60. The molecule has 1 aromatic carbocycles. The molecule has 0 spiro atoms. The first-order chi connectivity index (χ1) is 11.6. The average Bonchev–Trinajstić information content (AvgIpc) is 2.61. The minimum Gasteiger partial charge on any atom is -0.493 e.